The predicted molar refractivity (Wildman–Crippen MR) is 261 cm³/mol. The first-order chi connectivity index (χ1) is 29.0. The van der Waals surface area contributed by atoms with Gasteiger partial charge in [0.05, 0.1) is 0 Å². The van der Waals surface area contributed by atoms with Crippen molar-refractivity contribution in [3.8, 4) is 17.3 Å². The Morgan fingerprint density at radius 1 is 0.540 bits per heavy atom. The number of benzene rings is 5. The van der Waals surface area contributed by atoms with E-state index < -0.39 is 0 Å². The fourth-order valence-corrected chi connectivity index (χ4v) is 8.38. The van der Waals surface area contributed by atoms with Crippen LogP contribution in [0.3, 0.4) is 0 Å². The minimum absolute atomic E-state index is 0. The normalized spacial score (nSPS) is 13.9. The molecule has 0 atom stereocenters. The van der Waals surface area contributed by atoms with E-state index in [-0.39, 0.29) is 48.1 Å². The maximum Gasteiger partial charge on any atom is 0.135 e. The molecule has 0 spiro atoms. The van der Waals surface area contributed by atoms with Crippen molar-refractivity contribution in [1.29, 1.82) is 0 Å². The summed E-state index contributed by atoms with van der Waals surface area (Å²) in [7, 11) is 0. The third-order valence-electron chi connectivity index (χ3n) is 12.4. The van der Waals surface area contributed by atoms with Crippen LogP contribution in [0.5, 0.6) is 11.5 Å². The molecule has 0 aliphatic carbocycles. The van der Waals surface area contributed by atoms with E-state index in [1.807, 2.05) is 6.20 Å². The molecule has 0 saturated heterocycles. The van der Waals surface area contributed by atoms with Crippen molar-refractivity contribution in [2.45, 2.75) is 124 Å². The summed E-state index contributed by atoms with van der Waals surface area (Å²) in [6, 6.07) is 44.8. The monoisotopic (exact) mass is 1010 g/mol. The van der Waals surface area contributed by atoms with Crippen LogP contribution in [0, 0.1) is 18.8 Å². The van der Waals surface area contributed by atoms with E-state index in [0.29, 0.717) is 11.5 Å². The minimum Gasteiger partial charge on any atom is -0.509 e. The van der Waals surface area contributed by atoms with E-state index in [4.69, 9.17) is 9.72 Å². The zero-order valence-electron chi connectivity index (χ0n) is 39.6. The summed E-state index contributed by atoms with van der Waals surface area (Å²) in [5, 5.41) is 2.34. The molecule has 0 saturated carbocycles. The summed E-state index contributed by atoms with van der Waals surface area (Å²) >= 11 is 0. The van der Waals surface area contributed by atoms with Crippen molar-refractivity contribution in [3.05, 3.63) is 174 Å². The second-order valence-corrected chi connectivity index (χ2v) is 21.7. The molecule has 6 heteroatoms. The Labute approximate surface area is 391 Å². The van der Waals surface area contributed by atoms with Gasteiger partial charge in [0.1, 0.15) is 5.82 Å². The number of rotatable bonds is 7. The molecule has 0 N–H and O–H groups in total. The molecule has 8 rings (SSSR count). The van der Waals surface area contributed by atoms with Crippen LogP contribution >= 0.6 is 0 Å². The maximum absolute atomic E-state index is 6.96. The van der Waals surface area contributed by atoms with Gasteiger partial charge in [0, 0.05) is 55.4 Å². The van der Waals surface area contributed by atoms with Gasteiger partial charge in [0.15, 0.2) is 0 Å². The van der Waals surface area contributed by atoms with Crippen molar-refractivity contribution >= 4 is 33.2 Å². The number of para-hydroxylation sites is 1. The Balaban J connectivity index is 0.00000595. The number of aromatic nitrogens is 2. The van der Waals surface area contributed by atoms with Gasteiger partial charge in [-0.15, -0.1) is 53.8 Å². The summed E-state index contributed by atoms with van der Waals surface area (Å²) in [4.78, 5) is 9.31. The molecular weight excluding hydrogens is 952 g/mol. The molecule has 0 bridgehead atoms. The molecule has 63 heavy (non-hydrogen) atoms. The minimum atomic E-state index is -0.192. The number of nitrogens with zero attached hydrogens (tertiary/aromatic N) is 4. The van der Waals surface area contributed by atoms with Crippen molar-refractivity contribution in [2.75, 3.05) is 9.80 Å². The summed E-state index contributed by atoms with van der Waals surface area (Å²) in [5.74, 6) is 2.15. The quantitative estimate of drug-likeness (QED) is 0.149. The first-order valence-electron chi connectivity index (χ1n) is 22.0. The maximum atomic E-state index is 6.96. The summed E-state index contributed by atoms with van der Waals surface area (Å²) in [6.45, 7) is 33.9. The molecule has 0 unspecified atom stereocenters. The molecule has 3 heterocycles. The molecule has 0 amide bonds. The topological polar surface area (TPSA) is 33.5 Å². The molecule has 2 aromatic heterocycles. The number of pyridine rings is 1. The molecular formula is C57H63N4OPt-3. The Kier molecular flexibility index (Phi) is 12.0. The van der Waals surface area contributed by atoms with Gasteiger partial charge in [0.25, 0.3) is 0 Å². The Morgan fingerprint density at radius 3 is 1.81 bits per heavy atom. The Morgan fingerprint density at radius 2 is 1.14 bits per heavy atom. The molecule has 0 fully saturated rings. The van der Waals surface area contributed by atoms with Gasteiger partial charge in [-0.05, 0) is 92.0 Å². The fourth-order valence-electron chi connectivity index (χ4n) is 8.38. The standard InChI is InChI=1S/C57H63N4O.Pt/c1-53(2,3)39-24-25-58-51(33-39)61-49-23-19-18-22-47(49)52-48(56(10,11)12)35-46(36-50(52)61)62-45-32-41(55(7,8)9)30-44(34-45)60-27-26-59(37-60)43-29-40(54(4,5)6)28-42(31-43)57(13,14)38-20-16-15-17-21-38;/h15-33,35,37H,1-14H3;/q-3;. The molecule has 1 aliphatic heterocycles. The van der Waals surface area contributed by atoms with Gasteiger partial charge < -0.3 is 19.1 Å². The largest absolute Gasteiger partial charge is 0.509 e. The average molecular weight is 1020 g/mol. The average Bonchev–Trinajstić information content (AvgIpc) is 3.83. The number of fused-ring (bicyclic) bond motifs is 3. The number of anilines is 2. The second kappa shape index (κ2) is 16.5. The van der Waals surface area contributed by atoms with Gasteiger partial charge in [-0.2, -0.15) is 0 Å². The Bertz CT molecular complexity index is 2820. The predicted octanol–water partition coefficient (Wildman–Crippen LogP) is 15.0. The van der Waals surface area contributed by atoms with E-state index in [1.165, 1.54) is 38.6 Å². The summed E-state index contributed by atoms with van der Waals surface area (Å²) in [6.07, 6.45) is 6.17. The molecule has 1 aliphatic rings. The SMILES string of the molecule is CC(C)(C)c1cc(Oc2[c-]c3c(c(C(C)(C)C)c2)c2ccccc2n3-c2cc(C(C)(C)C)ccn2)[c-]c(N2C=CN(c3cc(C(C)(C)C)cc(C(C)(C)c4ccccc4)c3)[CH-]2)c1.[Pt]. The molecule has 7 aromatic rings. The van der Waals surface area contributed by atoms with Crippen LogP contribution in [0.1, 0.15) is 130 Å². The van der Waals surface area contributed by atoms with Crippen LogP contribution in [0.15, 0.2) is 122 Å². The first-order valence-corrected chi connectivity index (χ1v) is 22.0. The number of ether oxygens (including phenoxy) is 1. The van der Waals surface area contributed by atoms with E-state index in [9.17, 15) is 0 Å². The van der Waals surface area contributed by atoms with E-state index in [1.54, 1.807) is 0 Å². The third kappa shape index (κ3) is 9.14. The summed E-state index contributed by atoms with van der Waals surface area (Å²) < 4.78 is 9.21. The van der Waals surface area contributed by atoms with Gasteiger partial charge in [-0.25, -0.2) is 4.98 Å². The van der Waals surface area contributed by atoms with Crippen molar-refractivity contribution in [3.63, 3.8) is 0 Å². The molecule has 330 valence electrons. The van der Waals surface area contributed by atoms with Crippen LogP contribution < -0.4 is 14.5 Å². The van der Waals surface area contributed by atoms with Crippen molar-refractivity contribution in [1.82, 2.24) is 9.55 Å². The number of hydrogen-bond donors (Lipinski definition) is 0. The fraction of sp³-hybridized carbons (Fsp3) is 0.333. The van der Waals surface area contributed by atoms with E-state index in [0.717, 1.165) is 33.8 Å². The summed E-state index contributed by atoms with van der Waals surface area (Å²) in [5.41, 5.74) is 10.9. The van der Waals surface area contributed by atoms with Crippen molar-refractivity contribution < 1.29 is 25.8 Å². The van der Waals surface area contributed by atoms with Gasteiger partial charge in [-0.3, -0.25) is 0 Å². The van der Waals surface area contributed by atoms with Crippen molar-refractivity contribution in [2.24, 2.45) is 0 Å². The number of hydrogen-bond acceptors (Lipinski definition) is 4. The zero-order chi connectivity index (χ0) is 44.6. The smallest absolute Gasteiger partial charge is 0.135 e. The van der Waals surface area contributed by atoms with Crippen LogP contribution in [-0.2, 0) is 48.1 Å². The first kappa shape index (κ1) is 45.9. The molecule has 5 nitrogen and oxygen atoms in total. The molecule has 5 aromatic carbocycles. The van der Waals surface area contributed by atoms with Crippen LogP contribution in [0.2, 0.25) is 0 Å². The third-order valence-corrected chi connectivity index (χ3v) is 12.4. The van der Waals surface area contributed by atoms with Gasteiger partial charge >= 0.3 is 0 Å². The van der Waals surface area contributed by atoms with E-state index in [2.05, 4.69) is 246 Å². The van der Waals surface area contributed by atoms with Gasteiger partial charge in [-0.1, -0.05) is 162 Å². The second-order valence-electron chi connectivity index (χ2n) is 21.7. The van der Waals surface area contributed by atoms with E-state index >= 15 is 0 Å². The van der Waals surface area contributed by atoms with Crippen LogP contribution in [0.4, 0.5) is 11.4 Å². The zero-order valence-corrected chi connectivity index (χ0v) is 41.9. The van der Waals surface area contributed by atoms with Gasteiger partial charge in [0.2, 0.25) is 0 Å². The molecule has 0 radical (unpaired) electrons. The Hall–Kier alpha value is -5.12. The van der Waals surface area contributed by atoms with Crippen LogP contribution in [-0.4, -0.2) is 9.55 Å². The van der Waals surface area contributed by atoms with Crippen LogP contribution in [0.25, 0.3) is 27.6 Å².